The van der Waals surface area contributed by atoms with Crippen molar-refractivity contribution in [1.82, 2.24) is 29.1 Å². The Balaban J connectivity index is 1.02. The number of nitrogens with zero attached hydrogens (tertiary/aromatic N) is 10. The Bertz CT molecular complexity index is 5230. The van der Waals surface area contributed by atoms with E-state index in [0.717, 1.165) is 127 Å². The lowest BCUT2D eigenvalue weighted by Gasteiger charge is -2.19. The van der Waals surface area contributed by atoms with Gasteiger partial charge in [0.2, 0.25) is 0 Å². The number of aromatic nitrogens is 6. The van der Waals surface area contributed by atoms with Crippen molar-refractivity contribution in [2.75, 3.05) is 0 Å². The molecule has 15 aromatic rings. The van der Waals surface area contributed by atoms with E-state index in [1.807, 2.05) is 170 Å². The Kier molecular flexibility index (Phi) is 12.8. The van der Waals surface area contributed by atoms with E-state index in [1.54, 1.807) is 0 Å². The number of hydrogen-bond acceptors (Lipinski definition) is 6. The summed E-state index contributed by atoms with van der Waals surface area (Å²) in [5.74, 6) is 1.57. The molecule has 0 saturated carbocycles. The monoisotopic (exact) mass is 1120 g/mol. The van der Waals surface area contributed by atoms with Crippen molar-refractivity contribution in [3.8, 4) is 113 Å². The van der Waals surface area contributed by atoms with Crippen molar-refractivity contribution in [3.63, 3.8) is 0 Å². The van der Waals surface area contributed by atoms with Crippen LogP contribution in [0.4, 0.5) is 11.4 Å². The highest BCUT2D eigenvalue weighted by Crippen LogP contribution is 2.45. The van der Waals surface area contributed by atoms with Gasteiger partial charge in [-0.25, -0.2) is 24.6 Å². The summed E-state index contributed by atoms with van der Waals surface area (Å²) in [4.78, 5) is 28.0. The van der Waals surface area contributed by atoms with Crippen LogP contribution in [0.1, 0.15) is 11.1 Å². The highest BCUT2D eigenvalue weighted by atomic mass is 15.0. The molecule has 4 aromatic heterocycles. The van der Waals surface area contributed by atoms with Gasteiger partial charge in [0.05, 0.1) is 69.9 Å². The van der Waals surface area contributed by atoms with E-state index in [1.165, 1.54) is 0 Å². The summed E-state index contributed by atoms with van der Waals surface area (Å²) in [6, 6.07) is 89.9. The van der Waals surface area contributed by atoms with Crippen LogP contribution in [0, 0.1) is 35.8 Å². The van der Waals surface area contributed by atoms with E-state index >= 15 is 0 Å². The highest BCUT2D eigenvalue weighted by molar-refractivity contribution is 6.14. The van der Waals surface area contributed by atoms with E-state index in [2.05, 4.69) is 128 Å². The van der Waals surface area contributed by atoms with Crippen molar-refractivity contribution >= 4 is 55.0 Å². The van der Waals surface area contributed by atoms with Crippen LogP contribution in [0.2, 0.25) is 0 Å². The maximum absolute atomic E-state index is 9.97. The van der Waals surface area contributed by atoms with E-state index in [-0.39, 0.29) is 0 Å². The van der Waals surface area contributed by atoms with Gasteiger partial charge < -0.3 is 9.13 Å². The van der Waals surface area contributed by atoms with Crippen LogP contribution in [-0.2, 0) is 0 Å². The first-order valence-corrected chi connectivity index (χ1v) is 28.5. The number of benzene rings is 11. The molecule has 10 heteroatoms. The lowest BCUT2D eigenvalue weighted by Crippen LogP contribution is -2.04. The van der Waals surface area contributed by atoms with Crippen LogP contribution in [-0.4, -0.2) is 29.1 Å². The molecule has 406 valence electrons. The van der Waals surface area contributed by atoms with Crippen molar-refractivity contribution in [3.05, 3.63) is 301 Å². The first-order chi connectivity index (χ1) is 43.4. The average molecular weight is 1120 g/mol. The van der Waals surface area contributed by atoms with E-state index in [0.29, 0.717) is 40.0 Å². The third-order valence-corrected chi connectivity index (χ3v) is 16.3. The SMILES string of the molecule is [C-]#[N+]c1cccc(-c2ccc3c(c2)c2cc(-c4cccc([N+]#[C-])c4)ccc2n3-c2ccc(-c3nc(-c4ccccc4)nc(-c4ccccc4)n3)cc2-c2cnccc2-n2c3ccc(-c4cccc(C#N)c4)cc3c3cc(-c4cccc(C#N)c4)ccc32)c1. The van der Waals surface area contributed by atoms with E-state index < -0.39 is 0 Å². The van der Waals surface area contributed by atoms with Crippen LogP contribution in [0.25, 0.3) is 154 Å². The van der Waals surface area contributed by atoms with Gasteiger partial charge in [-0.15, -0.1) is 0 Å². The number of rotatable bonds is 10. The number of pyridine rings is 1. The second-order valence-corrected chi connectivity index (χ2v) is 21.5. The van der Waals surface area contributed by atoms with Gasteiger partial charge in [0, 0.05) is 61.8 Å². The maximum Gasteiger partial charge on any atom is 0.187 e. The normalized spacial score (nSPS) is 11.1. The zero-order valence-corrected chi connectivity index (χ0v) is 46.9. The van der Waals surface area contributed by atoms with Gasteiger partial charge in [0.25, 0.3) is 0 Å². The predicted molar refractivity (Wildman–Crippen MR) is 352 cm³/mol. The Morgan fingerprint density at radius 3 is 1.10 bits per heavy atom. The molecule has 0 aliphatic rings. The number of fused-ring (bicyclic) bond motifs is 6. The fourth-order valence-corrected chi connectivity index (χ4v) is 12.1. The molecule has 0 atom stereocenters. The van der Waals surface area contributed by atoms with Crippen LogP contribution in [0.5, 0.6) is 0 Å². The smallest absolute Gasteiger partial charge is 0.187 e. The van der Waals surface area contributed by atoms with Gasteiger partial charge in [-0.05, 0) is 154 Å². The third kappa shape index (κ3) is 9.22. The standard InChI is InChI=1S/C78H44N10/c1-81-62-23-11-21-55(39-62)59-27-32-70-66(43-59)67-44-60(56-22-12-24-63(40-56)82-2)28-33-71(67)87(70)74-34-29-61(78-85-76(51-15-5-3-6-16-51)84-77(86-78)52-17-7-4-8-18-52)45-68(74)69-48-83-36-35-75(69)88-72-30-25-57(53-19-9-13-49(37-53)46-79)41-64(72)65-42-58(26-31-73(65)88)54-20-10-14-50(38-54)47-80/h3-45,48H. The lowest BCUT2D eigenvalue weighted by molar-refractivity contribution is 1.07. The molecule has 0 bridgehead atoms. The minimum atomic E-state index is 0.489. The second-order valence-electron chi connectivity index (χ2n) is 21.5. The van der Waals surface area contributed by atoms with Crippen LogP contribution in [0.15, 0.2) is 267 Å². The molecule has 0 spiro atoms. The maximum atomic E-state index is 9.97. The quantitative estimate of drug-likeness (QED) is 0.126. The Morgan fingerprint density at radius 2 is 0.682 bits per heavy atom. The summed E-state index contributed by atoms with van der Waals surface area (Å²) in [5, 5.41) is 23.9. The van der Waals surface area contributed by atoms with Crippen molar-refractivity contribution in [2.24, 2.45) is 0 Å². The average Bonchev–Trinajstić information content (AvgIpc) is 1.61. The molecule has 0 N–H and O–H groups in total. The molecule has 0 unspecified atom stereocenters. The van der Waals surface area contributed by atoms with Gasteiger partial charge in [-0.2, -0.15) is 10.5 Å². The molecule has 0 aliphatic carbocycles. The van der Waals surface area contributed by atoms with Crippen molar-refractivity contribution in [2.45, 2.75) is 0 Å². The fourth-order valence-electron chi connectivity index (χ4n) is 12.1. The Morgan fingerprint density at radius 1 is 0.318 bits per heavy atom. The van der Waals surface area contributed by atoms with Crippen molar-refractivity contribution in [1.29, 1.82) is 10.5 Å². The Hall–Kier alpha value is -12.9. The molecule has 0 amide bonds. The van der Waals surface area contributed by atoms with Crippen LogP contribution >= 0.6 is 0 Å². The molecule has 4 heterocycles. The molecular formula is C78H44N10. The zero-order valence-electron chi connectivity index (χ0n) is 46.9. The van der Waals surface area contributed by atoms with Gasteiger partial charge in [-0.1, -0.05) is 146 Å². The van der Waals surface area contributed by atoms with E-state index in [4.69, 9.17) is 33.1 Å². The summed E-state index contributed by atoms with van der Waals surface area (Å²) in [6.45, 7) is 15.7. The predicted octanol–water partition coefficient (Wildman–Crippen LogP) is 19.6. The molecule has 15 rings (SSSR count). The molecule has 0 saturated heterocycles. The van der Waals surface area contributed by atoms with Gasteiger partial charge in [-0.3, -0.25) is 4.98 Å². The summed E-state index contributed by atoms with van der Waals surface area (Å²) in [5.41, 5.74) is 19.5. The molecule has 10 nitrogen and oxygen atoms in total. The second kappa shape index (κ2) is 21.7. The summed E-state index contributed by atoms with van der Waals surface area (Å²) >= 11 is 0. The fraction of sp³-hybridized carbons (Fsp3) is 0. The van der Waals surface area contributed by atoms with Crippen LogP contribution in [0.3, 0.4) is 0 Å². The van der Waals surface area contributed by atoms with E-state index in [9.17, 15) is 10.5 Å². The van der Waals surface area contributed by atoms with Crippen molar-refractivity contribution < 1.29 is 0 Å². The number of hydrogen-bond donors (Lipinski definition) is 0. The first kappa shape index (κ1) is 52.0. The zero-order chi connectivity index (χ0) is 59.2. The van der Waals surface area contributed by atoms with Gasteiger partial charge >= 0.3 is 0 Å². The molecular weight excluding hydrogens is 1080 g/mol. The molecule has 88 heavy (non-hydrogen) atoms. The van der Waals surface area contributed by atoms with Crippen LogP contribution < -0.4 is 0 Å². The largest absolute Gasteiger partial charge is 0.309 e. The third-order valence-electron chi connectivity index (χ3n) is 16.3. The highest BCUT2D eigenvalue weighted by Gasteiger charge is 2.24. The molecule has 0 aliphatic heterocycles. The van der Waals surface area contributed by atoms with Gasteiger partial charge in [0.15, 0.2) is 28.8 Å². The summed E-state index contributed by atoms with van der Waals surface area (Å²) < 4.78 is 4.64. The minimum absolute atomic E-state index is 0.489. The number of nitriles is 2. The molecule has 0 radical (unpaired) electrons. The first-order valence-electron chi connectivity index (χ1n) is 28.5. The topological polar surface area (TPSA) is 118 Å². The minimum Gasteiger partial charge on any atom is -0.309 e. The Labute approximate surface area is 506 Å². The lowest BCUT2D eigenvalue weighted by atomic mass is 9.99. The summed E-state index contributed by atoms with van der Waals surface area (Å²) in [7, 11) is 0. The van der Waals surface area contributed by atoms with Gasteiger partial charge in [0.1, 0.15) is 0 Å². The summed E-state index contributed by atoms with van der Waals surface area (Å²) in [6.07, 6.45) is 3.78. The molecule has 0 fully saturated rings. The molecule has 11 aromatic carbocycles.